The molecule has 1 aromatic heterocycles. The van der Waals surface area contributed by atoms with Gasteiger partial charge in [0.05, 0.1) is 13.0 Å². The lowest BCUT2D eigenvalue weighted by molar-refractivity contribution is -0.138. The summed E-state index contributed by atoms with van der Waals surface area (Å²) in [5.41, 5.74) is 2.53. The second kappa shape index (κ2) is 5.16. The van der Waals surface area contributed by atoms with Crippen molar-refractivity contribution in [3.8, 4) is 0 Å². The van der Waals surface area contributed by atoms with Gasteiger partial charge < -0.3 is 10.2 Å². The summed E-state index contributed by atoms with van der Waals surface area (Å²) in [5, 5.41) is 34.3. The highest BCUT2D eigenvalue weighted by Gasteiger charge is 2.25. The summed E-state index contributed by atoms with van der Waals surface area (Å²) in [6.45, 7) is -0.293. The summed E-state index contributed by atoms with van der Waals surface area (Å²) >= 11 is 0. The third-order valence-corrected chi connectivity index (χ3v) is 2.14. The van der Waals surface area contributed by atoms with Gasteiger partial charge in [0.25, 0.3) is 5.95 Å². The van der Waals surface area contributed by atoms with Crippen LogP contribution >= 0.6 is 0 Å². The molecule has 0 aliphatic carbocycles. The minimum atomic E-state index is -1.11. The van der Waals surface area contributed by atoms with Crippen LogP contribution in [0.4, 0.5) is 5.95 Å². The number of hydrogen-bond acceptors (Lipinski definition) is 9. The second-order valence-corrected chi connectivity index (χ2v) is 3.49. The molecule has 2 heterocycles. The fourth-order valence-electron chi connectivity index (χ4n) is 1.37. The molecule has 0 radical (unpaired) electrons. The van der Waals surface area contributed by atoms with Crippen LogP contribution in [0.1, 0.15) is 6.42 Å². The summed E-state index contributed by atoms with van der Waals surface area (Å²) < 4.78 is 1.04. The average molecular weight is 270 g/mol. The maximum Gasteiger partial charge on any atom is 0.325 e. The van der Waals surface area contributed by atoms with Crippen molar-refractivity contribution in [2.45, 2.75) is 13.0 Å². The van der Waals surface area contributed by atoms with Crippen LogP contribution in [-0.2, 0) is 16.1 Å². The number of tetrazole rings is 1. The Labute approximate surface area is 105 Å². The van der Waals surface area contributed by atoms with Crippen molar-refractivity contribution in [1.29, 1.82) is 0 Å². The van der Waals surface area contributed by atoms with Gasteiger partial charge in [0.15, 0.2) is 0 Å². The van der Waals surface area contributed by atoms with Crippen LogP contribution in [0.2, 0.25) is 0 Å². The molecule has 0 saturated carbocycles. The lowest BCUT2D eigenvalue weighted by atomic mass is 10.4. The van der Waals surface area contributed by atoms with E-state index in [-0.39, 0.29) is 18.9 Å². The molecule has 1 aromatic rings. The van der Waals surface area contributed by atoms with Crippen molar-refractivity contribution >= 4 is 24.2 Å². The van der Waals surface area contributed by atoms with Crippen molar-refractivity contribution in [3.05, 3.63) is 0 Å². The molecule has 0 spiro atoms. The number of nitrogens with zero attached hydrogens (tertiary/aromatic N) is 7. The van der Waals surface area contributed by atoms with Gasteiger partial charge in [-0.15, -0.1) is 10.2 Å². The lowest BCUT2D eigenvalue weighted by Gasteiger charge is -2.25. The molecular weight excluding hydrogens is 260 g/mol. The minimum absolute atomic E-state index is 0.0882. The van der Waals surface area contributed by atoms with Gasteiger partial charge in [-0.1, -0.05) is 5.10 Å². The van der Waals surface area contributed by atoms with Crippen LogP contribution < -0.4 is 10.7 Å². The van der Waals surface area contributed by atoms with Crippen molar-refractivity contribution in [2.24, 2.45) is 5.10 Å². The fraction of sp³-hybridized carbons (Fsp3) is 0.429. The number of anilines is 1. The number of carboxylic acid groups (broad SMARTS) is 2. The Morgan fingerprint density at radius 3 is 2.79 bits per heavy atom. The van der Waals surface area contributed by atoms with Gasteiger partial charge in [0.2, 0.25) is 0 Å². The number of rotatable bonds is 6. The largest absolute Gasteiger partial charge is 0.481 e. The van der Waals surface area contributed by atoms with E-state index in [0.717, 1.165) is 4.68 Å². The first-order valence-electron chi connectivity index (χ1n) is 5.13. The molecule has 0 aromatic carbocycles. The molecule has 0 unspecified atom stereocenters. The van der Waals surface area contributed by atoms with Gasteiger partial charge in [-0.2, -0.15) is 10.2 Å². The molecular formula is C7H10N8O4. The van der Waals surface area contributed by atoms with Crippen molar-refractivity contribution < 1.29 is 19.8 Å². The zero-order valence-corrected chi connectivity index (χ0v) is 9.54. The number of carbonyl (C=O) groups is 2. The quantitative estimate of drug-likeness (QED) is 0.515. The molecule has 0 atom stereocenters. The van der Waals surface area contributed by atoms with Crippen LogP contribution in [0.25, 0.3) is 0 Å². The second-order valence-electron chi connectivity index (χ2n) is 3.49. The Morgan fingerprint density at radius 1 is 1.32 bits per heavy atom. The summed E-state index contributed by atoms with van der Waals surface area (Å²) in [4.78, 5) is 21.2. The number of hydrazine groups is 2. The lowest BCUT2D eigenvalue weighted by Crippen LogP contribution is -2.45. The number of aromatic nitrogens is 4. The Balaban J connectivity index is 2.10. The highest BCUT2D eigenvalue weighted by atomic mass is 16.4. The molecule has 0 bridgehead atoms. The first-order valence-corrected chi connectivity index (χ1v) is 5.13. The molecule has 2 rings (SSSR count). The van der Waals surface area contributed by atoms with Gasteiger partial charge in [-0.05, 0) is 10.4 Å². The molecule has 1 aliphatic heterocycles. The number of aliphatic carboxylic acids is 2. The Kier molecular flexibility index (Phi) is 3.40. The predicted molar refractivity (Wildman–Crippen MR) is 58.5 cm³/mol. The molecule has 0 fully saturated rings. The molecule has 12 heteroatoms. The van der Waals surface area contributed by atoms with Crippen molar-refractivity contribution in [1.82, 2.24) is 30.8 Å². The van der Waals surface area contributed by atoms with Crippen LogP contribution in [0.5, 0.6) is 0 Å². The zero-order chi connectivity index (χ0) is 13.8. The SMILES string of the molecule is O=C(O)CCN1C=NNN1c1nnnn1CC(=O)O. The average Bonchev–Trinajstić information content (AvgIpc) is 2.93. The molecule has 102 valence electrons. The number of hydrogen-bond donors (Lipinski definition) is 3. The third-order valence-electron chi connectivity index (χ3n) is 2.14. The monoisotopic (exact) mass is 270 g/mol. The number of nitrogens with one attached hydrogen (secondary N) is 1. The van der Waals surface area contributed by atoms with Crippen molar-refractivity contribution in [3.63, 3.8) is 0 Å². The molecule has 0 amide bonds. The Bertz CT molecular complexity index is 513. The standard InChI is InChI=1S/C7H10N8O4/c16-5(17)1-2-13-4-8-11-15(13)7-9-10-12-14(7)3-6(18)19/h4,11H,1-3H2,(H,16,17)(H,18,19). The van der Waals surface area contributed by atoms with Gasteiger partial charge in [0.1, 0.15) is 12.9 Å². The van der Waals surface area contributed by atoms with E-state index in [4.69, 9.17) is 10.2 Å². The van der Waals surface area contributed by atoms with Crippen LogP contribution in [-0.4, -0.2) is 60.3 Å². The highest BCUT2D eigenvalue weighted by Crippen LogP contribution is 2.11. The molecule has 3 N–H and O–H groups in total. The fourth-order valence-corrected chi connectivity index (χ4v) is 1.37. The first-order chi connectivity index (χ1) is 9.08. The summed E-state index contributed by atoms with van der Waals surface area (Å²) in [7, 11) is 0. The van der Waals surface area contributed by atoms with E-state index in [1.165, 1.54) is 16.5 Å². The van der Waals surface area contributed by atoms with Crippen molar-refractivity contribution in [2.75, 3.05) is 11.7 Å². The number of carboxylic acids is 2. The van der Waals surface area contributed by atoms with E-state index in [1.54, 1.807) is 0 Å². The summed E-state index contributed by atoms with van der Waals surface area (Å²) in [6, 6.07) is 0. The van der Waals surface area contributed by atoms with E-state index in [9.17, 15) is 9.59 Å². The normalized spacial score (nSPS) is 13.7. The van der Waals surface area contributed by atoms with Crippen LogP contribution in [0, 0.1) is 0 Å². The third kappa shape index (κ3) is 2.85. The summed E-state index contributed by atoms with van der Waals surface area (Å²) in [5.74, 6) is -1.98. The molecule has 12 nitrogen and oxygen atoms in total. The molecule has 0 saturated heterocycles. The van der Waals surface area contributed by atoms with Gasteiger partial charge in [0, 0.05) is 0 Å². The maximum atomic E-state index is 10.7. The zero-order valence-electron chi connectivity index (χ0n) is 9.54. The Morgan fingerprint density at radius 2 is 2.11 bits per heavy atom. The van der Waals surface area contributed by atoms with Crippen LogP contribution in [0.15, 0.2) is 5.10 Å². The smallest absolute Gasteiger partial charge is 0.325 e. The molecule has 19 heavy (non-hydrogen) atoms. The predicted octanol–water partition coefficient (Wildman–Crippen LogP) is -2.28. The van der Waals surface area contributed by atoms with Gasteiger partial charge >= 0.3 is 11.9 Å². The first kappa shape index (κ1) is 12.5. The van der Waals surface area contributed by atoms with Gasteiger partial charge in [-0.25, -0.2) is 5.01 Å². The maximum absolute atomic E-state index is 10.7. The highest BCUT2D eigenvalue weighted by molar-refractivity contribution is 5.69. The van der Waals surface area contributed by atoms with E-state index in [0.29, 0.717) is 0 Å². The van der Waals surface area contributed by atoms with Crippen LogP contribution in [0.3, 0.4) is 0 Å². The minimum Gasteiger partial charge on any atom is -0.481 e. The summed E-state index contributed by atoms with van der Waals surface area (Å²) in [6.07, 6.45) is 1.23. The van der Waals surface area contributed by atoms with E-state index >= 15 is 0 Å². The Hall–Kier alpha value is -2.92. The van der Waals surface area contributed by atoms with Gasteiger partial charge in [-0.3, -0.25) is 9.59 Å². The topological polar surface area (TPSA) is 149 Å². The van der Waals surface area contributed by atoms with E-state index < -0.39 is 18.5 Å². The van der Waals surface area contributed by atoms with E-state index in [2.05, 4.69) is 26.2 Å². The number of hydrazone groups is 1. The van der Waals surface area contributed by atoms with E-state index in [1.807, 2.05) is 0 Å². The molecule has 1 aliphatic rings.